The Morgan fingerprint density at radius 3 is 2.63 bits per heavy atom. The second kappa shape index (κ2) is 8.56. The van der Waals surface area contributed by atoms with E-state index in [4.69, 9.17) is 21.1 Å². The summed E-state index contributed by atoms with van der Waals surface area (Å²) in [5.41, 5.74) is 1.76. The summed E-state index contributed by atoms with van der Waals surface area (Å²) in [6, 6.07) is 13.0. The third-order valence-corrected chi connectivity index (χ3v) is 6.16. The molecule has 0 radical (unpaired) electrons. The van der Waals surface area contributed by atoms with E-state index in [9.17, 15) is 9.59 Å². The highest BCUT2D eigenvalue weighted by Crippen LogP contribution is 2.38. The maximum Gasteiger partial charge on any atom is 0.228 e. The van der Waals surface area contributed by atoms with Crippen LogP contribution in [0.15, 0.2) is 42.5 Å². The third-order valence-electron chi connectivity index (χ3n) is 5.92. The van der Waals surface area contributed by atoms with Crippen LogP contribution < -0.4 is 14.4 Å². The molecule has 0 aromatic heterocycles. The van der Waals surface area contributed by atoms with Crippen molar-refractivity contribution in [3.63, 3.8) is 0 Å². The number of likely N-dealkylation sites (tertiary alicyclic amines) is 1. The average Bonchev–Trinajstić information content (AvgIpc) is 3.39. The maximum absolute atomic E-state index is 13.4. The molecule has 7 heteroatoms. The molecule has 2 aliphatic heterocycles. The van der Waals surface area contributed by atoms with Crippen LogP contribution in [0.3, 0.4) is 0 Å². The molecule has 0 bridgehead atoms. The van der Waals surface area contributed by atoms with Crippen molar-refractivity contribution in [1.29, 1.82) is 0 Å². The van der Waals surface area contributed by atoms with Gasteiger partial charge in [0.15, 0.2) is 11.5 Å². The standard InChI is InChI=1S/C23H25ClN2O4/c1-29-20-9-8-15(11-21(20)30-2)19-7-4-10-25(19)23(28)16-12-22(27)26(14-16)18-6-3-5-17(24)13-18/h3,5-6,8-9,11,13,16,19H,4,7,10,12,14H2,1-2H3/t16-,19-/m0/s1. The molecule has 2 aliphatic rings. The Kier molecular flexibility index (Phi) is 5.86. The Bertz CT molecular complexity index is 964. The van der Waals surface area contributed by atoms with Crippen molar-refractivity contribution < 1.29 is 19.1 Å². The summed E-state index contributed by atoms with van der Waals surface area (Å²) in [6.45, 7) is 1.08. The van der Waals surface area contributed by atoms with Crippen LogP contribution in [0, 0.1) is 5.92 Å². The molecule has 30 heavy (non-hydrogen) atoms. The highest BCUT2D eigenvalue weighted by Gasteiger charge is 2.40. The number of amides is 2. The lowest BCUT2D eigenvalue weighted by Gasteiger charge is -2.28. The van der Waals surface area contributed by atoms with Crippen LogP contribution in [0.1, 0.15) is 30.9 Å². The minimum atomic E-state index is -0.350. The summed E-state index contributed by atoms with van der Waals surface area (Å²) in [5.74, 6) is 0.952. The van der Waals surface area contributed by atoms with Crippen molar-refractivity contribution in [2.75, 3.05) is 32.2 Å². The molecule has 158 valence electrons. The van der Waals surface area contributed by atoms with Crippen LogP contribution in [0.25, 0.3) is 0 Å². The number of benzene rings is 2. The summed E-state index contributed by atoms with van der Waals surface area (Å²) in [5, 5.41) is 0.572. The highest BCUT2D eigenvalue weighted by atomic mass is 35.5. The summed E-state index contributed by atoms with van der Waals surface area (Å²) in [7, 11) is 3.21. The summed E-state index contributed by atoms with van der Waals surface area (Å²) >= 11 is 6.07. The smallest absolute Gasteiger partial charge is 0.228 e. The molecule has 2 aromatic carbocycles. The first-order valence-corrected chi connectivity index (χ1v) is 10.5. The van der Waals surface area contributed by atoms with Crippen molar-refractivity contribution in [2.24, 2.45) is 5.92 Å². The van der Waals surface area contributed by atoms with Gasteiger partial charge in [-0.05, 0) is 48.7 Å². The van der Waals surface area contributed by atoms with Gasteiger partial charge in [0.2, 0.25) is 11.8 Å². The van der Waals surface area contributed by atoms with Crippen molar-refractivity contribution in [2.45, 2.75) is 25.3 Å². The van der Waals surface area contributed by atoms with Crippen LogP contribution in [-0.4, -0.2) is 44.0 Å². The molecule has 0 N–H and O–H groups in total. The highest BCUT2D eigenvalue weighted by molar-refractivity contribution is 6.31. The average molecular weight is 429 g/mol. The first-order chi connectivity index (χ1) is 14.5. The van der Waals surface area contributed by atoms with E-state index in [0.717, 1.165) is 24.1 Å². The molecule has 0 saturated carbocycles. The summed E-state index contributed by atoms with van der Waals surface area (Å²) in [6.07, 6.45) is 2.05. The predicted octanol–water partition coefficient (Wildman–Crippen LogP) is 4.07. The number of nitrogens with zero attached hydrogens (tertiary/aromatic N) is 2. The molecule has 6 nitrogen and oxygen atoms in total. The predicted molar refractivity (Wildman–Crippen MR) is 115 cm³/mol. The van der Waals surface area contributed by atoms with Gasteiger partial charge in [-0.2, -0.15) is 0 Å². The first kappa shape index (κ1) is 20.5. The Balaban J connectivity index is 1.52. The normalized spacial score (nSPS) is 21.2. The number of carbonyl (C=O) groups excluding carboxylic acids is 2. The third kappa shape index (κ3) is 3.84. The van der Waals surface area contributed by atoms with Gasteiger partial charge in [-0.3, -0.25) is 9.59 Å². The molecule has 2 atom stereocenters. The van der Waals surface area contributed by atoms with Gasteiger partial charge >= 0.3 is 0 Å². The molecule has 0 unspecified atom stereocenters. The summed E-state index contributed by atoms with van der Waals surface area (Å²) in [4.78, 5) is 29.5. The fraction of sp³-hybridized carbons (Fsp3) is 0.391. The molecule has 4 rings (SSSR count). The van der Waals surface area contributed by atoms with Gasteiger partial charge in [-0.15, -0.1) is 0 Å². The van der Waals surface area contributed by atoms with Crippen molar-refractivity contribution in [3.05, 3.63) is 53.1 Å². The number of methoxy groups -OCH3 is 2. The van der Waals surface area contributed by atoms with E-state index >= 15 is 0 Å². The Labute approximate surface area is 181 Å². The lowest BCUT2D eigenvalue weighted by molar-refractivity contribution is -0.136. The number of hydrogen-bond donors (Lipinski definition) is 0. The Hall–Kier alpha value is -2.73. The van der Waals surface area contributed by atoms with Crippen LogP contribution in [-0.2, 0) is 9.59 Å². The zero-order valence-corrected chi connectivity index (χ0v) is 17.9. The van der Waals surface area contributed by atoms with Crippen LogP contribution >= 0.6 is 11.6 Å². The van der Waals surface area contributed by atoms with E-state index in [2.05, 4.69) is 0 Å². The molecule has 2 heterocycles. The van der Waals surface area contributed by atoms with Gasteiger partial charge in [-0.1, -0.05) is 23.7 Å². The van der Waals surface area contributed by atoms with E-state index in [0.29, 0.717) is 29.6 Å². The van der Waals surface area contributed by atoms with Gasteiger partial charge in [0, 0.05) is 30.2 Å². The minimum Gasteiger partial charge on any atom is -0.493 e. The molecule has 0 aliphatic carbocycles. The van der Waals surface area contributed by atoms with Gasteiger partial charge in [0.1, 0.15) is 0 Å². The Morgan fingerprint density at radius 2 is 1.90 bits per heavy atom. The number of hydrogen-bond acceptors (Lipinski definition) is 4. The topological polar surface area (TPSA) is 59.1 Å². The molecule has 2 saturated heterocycles. The van der Waals surface area contributed by atoms with Gasteiger partial charge in [-0.25, -0.2) is 0 Å². The molecule has 2 fully saturated rings. The molecule has 2 amide bonds. The van der Waals surface area contributed by atoms with E-state index in [-0.39, 0.29) is 30.2 Å². The van der Waals surface area contributed by atoms with Gasteiger partial charge < -0.3 is 19.3 Å². The van der Waals surface area contributed by atoms with Gasteiger partial charge in [0.05, 0.1) is 26.2 Å². The van der Waals surface area contributed by atoms with E-state index < -0.39 is 0 Å². The fourth-order valence-electron chi connectivity index (χ4n) is 4.44. The second-order valence-electron chi connectivity index (χ2n) is 7.69. The number of rotatable bonds is 5. The summed E-state index contributed by atoms with van der Waals surface area (Å²) < 4.78 is 10.8. The number of carbonyl (C=O) groups is 2. The lowest BCUT2D eigenvalue weighted by atomic mass is 10.0. The number of halogens is 1. The minimum absolute atomic E-state index is 0.0207. The zero-order chi connectivity index (χ0) is 21.3. The zero-order valence-electron chi connectivity index (χ0n) is 17.1. The van der Waals surface area contributed by atoms with E-state index in [1.165, 1.54) is 0 Å². The lowest BCUT2D eigenvalue weighted by Crippen LogP contribution is -2.37. The maximum atomic E-state index is 13.4. The van der Waals surface area contributed by atoms with E-state index in [1.54, 1.807) is 31.3 Å². The molecular weight excluding hydrogens is 404 g/mol. The van der Waals surface area contributed by atoms with Crippen LogP contribution in [0.5, 0.6) is 11.5 Å². The molecule has 2 aromatic rings. The molecular formula is C23H25ClN2O4. The Morgan fingerprint density at radius 1 is 1.10 bits per heavy atom. The van der Waals surface area contributed by atoms with E-state index in [1.807, 2.05) is 35.2 Å². The van der Waals surface area contributed by atoms with Gasteiger partial charge in [0.25, 0.3) is 0 Å². The van der Waals surface area contributed by atoms with Crippen molar-refractivity contribution >= 4 is 29.1 Å². The first-order valence-electron chi connectivity index (χ1n) is 10.1. The van der Waals surface area contributed by atoms with Crippen LogP contribution in [0.4, 0.5) is 5.69 Å². The van der Waals surface area contributed by atoms with Crippen molar-refractivity contribution in [3.8, 4) is 11.5 Å². The number of anilines is 1. The molecule has 0 spiro atoms. The fourth-order valence-corrected chi connectivity index (χ4v) is 4.62. The quantitative estimate of drug-likeness (QED) is 0.720. The largest absolute Gasteiger partial charge is 0.493 e. The monoisotopic (exact) mass is 428 g/mol. The number of ether oxygens (including phenoxy) is 2. The van der Waals surface area contributed by atoms with Crippen molar-refractivity contribution in [1.82, 2.24) is 4.90 Å². The second-order valence-corrected chi connectivity index (χ2v) is 8.13. The van der Waals surface area contributed by atoms with Crippen LogP contribution in [0.2, 0.25) is 5.02 Å². The SMILES string of the molecule is COc1ccc([C@@H]2CCCN2C(=O)[C@H]2CC(=O)N(c3cccc(Cl)c3)C2)cc1OC.